The Morgan fingerprint density at radius 3 is 1.94 bits per heavy atom. The third kappa shape index (κ3) is 4.03. The number of aryl methyl sites for hydroxylation is 1. The van der Waals surface area contributed by atoms with Gasteiger partial charge >= 0.3 is 12.2 Å². The molecule has 0 fully saturated rings. The van der Waals surface area contributed by atoms with Gasteiger partial charge in [-0.15, -0.1) is 0 Å². The predicted octanol–water partition coefficient (Wildman–Crippen LogP) is 6.75. The molecule has 0 saturated heterocycles. The highest BCUT2D eigenvalue weighted by Crippen LogP contribution is 2.43. The maximum atomic E-state index is 15.2. The second kappa shape index (κ2) is 7.91. The maximum absolute atomic E-state index is 15.2. The first-order valence-electron chi connectivity index (χ1n) is 9.50. The SMILES string of the molecule is Cc1ccc(-c2cn(C(F)(F)C(F)(F)Oc3ccccc3)c(-c3ccccc3)n2)cc1. The van der Waals surface area contributed by atoms with Gasteiger partial charge in [-0.3, -0.25) is 4.57 Å². The number of hydrogen-bond acceptors (Lipinski definition) is 2. The van der Waals surface area contributed by atoms with Gasteiger partial charge in [0.2, 0.25) is 0 Å². The summed E-state index contributed by atoms with van der Waals surface area (Å²) in [6.07, 6.45) is -3.90. The fourth-order valence-corrected chi connectivity index (χ4v) is 3.09. The fourth-order valence-electron chi connectivity index (χ4n) is 3.09. The van der Waals surface area contributed by atoms with Gasteiger partial charge < -0.3 is 4.74 Å². The highest BCUT2D eigenvalue weighted by atomic mass is 19.3. The van der Waals surface area contributed by atoms with E-state index in [9.17, 15) is 8.78 Å². The lowest BCUT2D eigenvalue weighted by Gasteiger charge is -2.28. The molecule has 0 radical (unpaired) electrons. The highest BCUT2D eigenvalue weighted by molar-refractivity contribution is 5.65. The van der Waals surface area contributed by atoms with Gasteiger partial charge in [-0.25, -0.2) is 4.98 Å². The first kappa shape index (κ1) is 20.7. The molecule has 7 heteroatoms. The third-order valence-corrected chi connectivity index (χ3v) is 4.73. The Kier molecular flexibility index (Phi) is 5.27. The van der Waals surface area contributed by atoms with Gasteiger partial charge in [0.15, 0.2) is 0 Å². The Hall–Kier alpha value is -3.61. The number of imidazole rings is 1. The number of halogens is 4. The van der Waals surface area contributed by atoms with Crippen LogP contribution in [0.5, 0.6) is 5.75 Å². The van der Waals surface area contributed by atoms with Crippen molar-refractivity contribution >= 4 is 0 Å². The minimum Gasteiger partial charge on any atom is -0.426 e. The topological polar surface area (TPSA) is 27.1 Å². The van der Waals surface area contributed by atoms with Crippen molar-refractivity contribution in [2.75, 3.05) is 0 Å². The number of nitrogens with zero attached hydrogens (tertiary/aromatic N) is 2. The van der Waals surface area contributed by atoms with E-state index in [-0.39, 0.29) is 27.4 Å². The number of para-hydroxylation sites is 1. The quantitative estimate of drug-likeness (QED) is 0.319. The van der Waals surface area contributed by atoms with E-state index in [1.165, 1.54) is 36.4 Å². The van der Waals surface area contributed by atoms with Gasteiger partial charge in [-0.2, -0.15) is 17.6 Å². The van der Waals surface area contributed by atoms with Crippen LogP contribution in [0.1, 0.15) is 5.56 Å². The first-order valence-corrected chi connectivity index (χ1v) is 9.50. The zero-order valence-electron chi connectivity index (χ0n) is 16.5. The molecule has 0 aliphatic carbocycles. The Balaban J connectivity index is 1.82. The van der Waals surface area contributed by atoms with Crippen LogP contribution >= 0.6 is 0 Å². The van der Waals surface area contributed by atoms with Crippen molar-refractivity contribution in [3.63, 3.8) is 0 Å². The molecule has 0 unspecified atom stereocenters. The molecule has 0 amide bonds. The Morgan fingerprint density at radius 2 is 1.32 bits per heavy atom. The number of benzene rings is 3. The van der Waals surface area contributed by atoms with Crippen LogP contribution in [0.3, 0.4) is 0 Å². The van der Waals surface area contributed by atoms with Gasteiger partial charge in [0, 0.05) is 17.3 Å². The molecule has 0 N–H and O–H groups in total. The lowest BCUT2D eigenvalue weighted by atomic mass is 10.1. The second-order valence-electron chi connectivity index (χ2n) is 7.02. The van der Waals surface area contributed by atoms with E-state index in [2.05, 4.69) is 9.72 Å². The maximum Gasteiger partial charge on any atom is 0.486 e. The Labute approximate surface area is 176 Å². The van der Waals surface area contributed by atoms with Crippen LogP contribution in [0, 0.1) is 6.92 Å². The molecule has 1 aromatic heterocycles. The zero-order valence-corrected chi connectivity index (χ0v) is 16.5. The monoisotopic (exact) mass is 426 g/mol. The summed E-state index contributed by atoms with van der Waals surface area (Å²) in [4.78, 5) is 4.26. The van der Waals surface area contributed by atoms with Crippen LogP contribution < -0.4 is 4.74 Å². The molecule has 1 heterocycles. The lowest BCUT2D eigenvalue weighted by molar-refractivity contribution is -0.346. The Bertz CT molecular complexity index is 1160. The summed E-state index contributed by atoms with van der Waals surface area (Å²) in [6.45, 7) is 1.88. The average Bonchev–Trinajstić information content (AvgIpc) is 3.21. The van der Waals surface area contributed by atoms with Gasteiger partial charge in [0.25, 0.3) is 0 Å². The van der Waals surface area contributed by atoms with Gasteiger partial charge in [0.05, 0.1) is 5.69 Å². The van der Waals surface area contributed by atoms with Crippen molar-refractivity contribution in [1.29, 1.82) is 0 Å². The standard InChI is InChI=1S/C24H18F4N2O/c1-17-12-14-18(15-13-17)21-16-30(22(29-21)19-8-4-2-5-9-19)23(25,26)24(27,28)31-20-10-6-3-7-11-20/h2-16H,1H3. The van der Waals surface area contributed by atoms with E-state index in [1.54, 1.807) is 48.5 Å². The average molecular weight is 426 g/mol. The summed E-state index contributed by atoms with van der Waals surface area (Å²) < 4.78 is 64.4. The van der Waals surface area contributed by atoms with E-state index in [1.807, 2.05) is 6.92 Å². The number of alkyl halides is 4. The molecule has 4 rings (SSSR count). The van der Waals surface area contributed by atoms with Crippen molar-refractivity contribution in [2.45, 2.75) is 19.1 Å². The van der Waals surface area contributed by atoms with E-state index >= 15 is 8.78 Å². The molecule has 31 heavy (non-hydrogen) atoms. The molecule has 0 bridgehead atoms. The van der Waals surface area contributed by atoms with Crippen LogP contribution in [0.4, 0.5) is 17.6 Å². The number of ether oxygens (including phenoxy) is 1. The minimum absolute atomic E-state index is 0.147. The smallest absolute Gasteiger partial charge is 0.426 e. The van der Waals surface area contributed by atoms with E-state index in [0.29, 0.717) is 5.56 Å². The van der Waals surface area contributed by atoms with Crippen molar-refractivity contribution in [1.82, 2.24) is 9.55 Å². The molecule has 0 saturated carbocycles. The summed E-state index contributed by atoms with van der Waals surface area (Å²) in [6, 6.07) is 17.1. The molecular formula is C24H18F4N2O. The number of aromatic nitrogens is 2. The molecule has 3 nitrogen and oxygen atoms in total. The highest BCUT2D eigenvalue weighted by Gasteiger charge is 2.62. The molecule has 0 spiro atoms. The molecule has 0 aliphatic heterocycles. The van der Waals surface area contributed by atoms with E-state index in [4.69, 9.17) is 0 Å². The summed E-state index contributed by atoms with van der Waals surface area (Å²) in [5, 5.41) is 0. The van der Waals surface area contributed by atoms with Crippen LogP contribution in [0.2, 0.25) is 0 Å². The lowest BCUT2D eigenvalue weighted by Crippen LogP contribution is -2.47. The van der Waals surface area contributed by atoms with E-state index < -0.39 is 12.2 Å². The largest absolute Gasteiger partial charge is 0.486 e. The first-order chi connectivity index (χ1) is 14.8. The fraction of sp³-hybridized carbons (Fsp3) is 0.125. The zero-order chi connectivity index (χ0) is 22.1. The molecule has 158 valence electrons. The molecular weight excluding hydrogens is 408 g/mol. The number of hydrogen-bond donors (Lipinski definition) is 0. The van der Waals surface area contributed by atoms with E-state index in [0.717, 1.165) is 11.8 Å². The van der Waals surface area contributed by atoms with Crippen molar-refractivity contribution < 1.29 is 22.3 Å². The minimum atomic E-state index is -4.83. The molecule has 0 aliphatic rings. The number of rotatable bonds is 6. The van der Waals surface area contributed by atoms with Gasteiger partial charge in [-0.1, -0.05) is 78.4 Å². The summed E-state index contributed by atoms with van der Waals surface area (Å²) >= 11 is 0. The summed E-state index contributed by atoms with van der Waals surface area (Å²) in [7, 11) is 0. The molecule has 0 atom stereocenters. The third-order valence-electron chi connectivity index (χ3n) is 4.73. The van der Waals surface area contributed by atoms with Crippen LogP contribution in [0.25, 0.3) is 22.6 Å². The van der Waals surface area contributed by atoms with Crippen LogP contribution in [-0.4, -0.2) is 15.7 Å². The summed E-state index contributed by atoms with van der Waals surface area (Å²) in [5.41, 5.74) is 1.93. The second-order valence-corrected chi connectivity index (χ2v) is 7.02. The van der Waals surface area contributed by atoms with Gasteiger partial charge in [-0.05, 0) is 19.1 Å². The van der Waals surface area contributed by atoms with Crippen molar-refractivity contribution in [2.24, 2.45) is 0 Å². The van der Waals surface area contributed by atoms with Gasteiger partial charge in [0.1, 0.15) is 11.6 Å². The van der Waals surface area contributed by atoms with Crippen molar-refractivity contribution in [3.05, 3.63) is 96.7 Å². The van der Waals surface area contributed by atoms with Crippen LogP contribution in [0.15, 0.2) is 91.1 Å². The molecule has 3 aromatic carbocycles. The summed E-state index contributed by atoms with van der Waals surface area (Å²) in [5.74, 6) is -0.662. The Morgan fingerprint density at radius 1 is 0.742 bits per heavy atom. The predicted molar refractivity (Wildman–Crippen MR) is 110 cm³/mol. The normalized spacial score (nSPS) is 12.0. The molecule has 4 aromatic rings. The van der Waals surface area contributed by atoms with Crippen LogP contribution in [-0.2, 0) is 6.05 Å². The van der Waals surface area contributed by atoms with Crippen molar-refractivity contribution in [3.8, 4) is 28.4 Å².